The minimum absolute atomic E-state index is 0.0193. The normalized spacial score (nSPS) is 15.4. The standard InChI is InChI=1S/C23H26N2O8/c1-6-13(2)32-20-18(29-3)10-14(11-19(20)30-4)9-16-21(26)25(23(28)24-16)12-15-7-8-17(33-15)22(27)31-5/h7-11,13H,6,12H2,1-5H3,(H,24,28)/b16-9-/t13-/m1/s1. The van der Waals surface area contributed by atoms with Gasteiger partial charge in [-0.2, -0.15) is 0 Å². The van der Waals surface area contributed by atoms with Gasteiger partial charge >= 0.3 is 12.0 Å². The van der Waals surface area contributed by atoms with Crippen LogP contribution in [0.5, 0.6) is 17.2 Å². The van der Waals surface area contributed by atoms with Crippen molar-refractivity contribution in [3.8, 4) is 17.2 Å². The second-order valence-electron chi connectivity index (χ2n) is 7.23. The van der Waals surface area contributed by atoms with Crippen LogP contribution in [0.4, 0.5) is 4.79 Å². The molecule has 0 radical (unpaired) electrons. The molecular weight excluding hydrogens is 432 g/mol. The van der Waals surface area contributed by atoms with Crippen LogP contribution in [0.1, 0.15) is 42.1 Å². The fraction of sp³-hybridized carbons (Fsp3) is 0.348. The summed E-state index contributed by atoms with van der Waals surface area (Å²) in [5.74, 6) is 0.363. The first-order chi connectivity index (χ1) is 15.8. The number of imide groups is 1. The van der Waals surface area contributed by atoms with Crippen LogP contribution in [-0.4, -0.2) is 50.2 Å². The maximum absolute atomic E-state index is 12.8. The summed E-state index contributed by atoms with van der Waals surface area (Å²) in [5, 5.41) is 2.55. The first kappa shape index (κ1) is 23.7. The number of esters is 1. The SMILES string of the molecule is CC[C@@H](C)Oc1c(OC)cc(/C=C2\NC(=O)N(Cc3ccc(C(=O)OC)o3)C2=O)cc1OC. The number of methoxy groups -OCH3 is 3. The number of benzene rings is 1. The van der Waals surface area contributed by atoms with Crippen molar-refractivity contribution >= 4 is 24.0 Å². The Hall–Kier alpha value is -3.95. The zero-order valence-electron chi connectivity index (χ0n) is 19.1. The summed E-state index contributed by atoms with van der Waals surface area (Å²) < 4.78 is 26.8. The van der Waals surface area contributed by atoms with Crippen molar-refractivity contribution in [2.24, 2.45) is 0 Å². The average molecular weight is 458 g/mol. The van der Waals surface area contributed by atoms with Crippen molar-refractivity contribution in [2.75, 3.05) is 21.3 Å². The summed E-state index contributed by atoms with van der Waals surface area (Å²) in [6.07, 6.45) is 2.26. The van der Waals surface area contributed by atoms with Gasteiger partial charge < -0.3 is 28.7 Å². The average Bonchev–Trinajstić information content (AvgIpc) is 3.39. The molecule has 33 heavy (non-hydrogen) atoms. The van der Waals surface area contributed by atoms with E-state index < -0.39 is 17.9 Å². The number of carbonyl (C=O) groups excluding carboxylic acids is 3. The number of rotatable bonds is 9. The molecule has 10 heteroatoms. The first-order valence-electron chi connectivity index (χ1n) is 10.2. The predicted octanol–water partition coefficient (Wildman–Crippen LogP) is 3.35. The van der Waals surface area contributed by atoms with Gasteiger partial charge in [-0.3, -0.25) is 9.69 Å². The molecule has 1 aromatic carbocycles. The van der Waals surface area contributed by atoms with Crippen molar-refractivity contribution in [1.82, 2.24) is 10.2 Å². The fourth-order valence-corrected chi connectivity index (χ4v) is 3.10. The van der Waals surface area contributed by atoms with E-state index in [1.807, 2.05) is 13.8 Å². The monoisotopic (exact) mass is 458 g/mol. The van der Waals surface area contributed by atoms with Gasteiger partial charge in [-0.15, -0.1) is 0 Å². The van der Waals surface area contributed by atoms with E-state index in [4.69, 9.17) is 18.6 Å². The highest BCUT2D eigenvalue weighted by molar-refractivity contribution is 6.13. The van der Waals surface area contributed by atoms with E-state index in [1.165, 1.54) is 39.5 Å². The molecule has 3 amide bonds. The predicted molar refractivity (Wildman–Crippen MR) is 117 cm³/mol. The molecule has 0 unspecified atom stereocenters. The lowest BCUT2D eigenvalue weighted by molar-refractivity contribution is -0.123. The molecular formula is C23H26N2O8. The van der Waals surface area contributed by atoms with E-state index in [0.29, 0.717) is 22.8 Å². The van der Waals surface area contributed by atoms with Crippen LogP contribution in [0.15, 0.2) is 34.4 Å². The Labute approximate surface area is 191 Å². The highest BCUT2D eigenvalue weighted by Crippen LogP contribution is 2.40. The van der Waals surface area contributed by atoms with Crippen molar-refractivity contribution < 1.29 is 37.7 Å². The quantitative estimate of drug-likeness (QED) is 0.345. The second-order valence-corrected chi connectivity index (χ2v) is 7.23. The number of hydrogen-bond acceptors (Lipinski definition) is 8. The molecule has 0 aliphatic carbocycles. The van der Waals surface area contributed by atoms with Gasteiger partial charge in [0.25, 0.3) is 5.91 Å². The first-order valence-corrected chi connectivity index (χ1v) is 10.2. The van der Waals surface area contributed by atoms with E-state index in [9.17, 15) is 14.4 Å². The highest BCUT2D eigenvalue weighted by Gasteiger charge is 2.34. The molecule has 1 aromatic heterocycles. The molecule has 0 saturated carbocycles. The summed E-state index contributed by atoms with van der Waals surface area (Å²) >= 11 is 0. The number of urea groups is 1. The van der Waals surface area contributed by atoms with E-state index in [-0.39, 0.29) is 29.9 Å². The number of ether oxygens (including phenoxy) is 4. The van der Waals surface area contributed by atoms with Gasteiger partial charge in [0, 0.05) is 0 Å². The smallest absolute Gasteiger partial charge is 0.373 e. The minimum atomic E-state index is -0.650. The molecule has 1 aliphatic rings. The molecule has 176 valence electrons. The maximum atomic E-state index is 12.8. The topological polar surface area (TPSA) is 117 Å². The number of furan rings is 1. The molecule has 2 heterocycles. The molecule has 0 spiro atoms. The zero-order chi connectivity index (χ0) is 24.1. The molecule has 1 aliphatic heterocycles. The Morgan fingerprint density at radius 2 is 1.82 bits per heavy atom. The molecule has 2 aromatic rings. The molecule has 1 fully saturated rings. The summed E-state index contributed by atoms with van der Waals surface area (Å²) in [7, 11) is 4.24. The lowest BCUT2D eigenvalue weighted by Gasteiger charge is -2.19. The molecule has 3 rings (SSSR count). The third-order valence-corrected chi connectivity index (χ3v) is 5.01. The van der Waals surface area contributed by atoms with Crippen molar-refractivity contribution in [1.29, 1.82) is 0 Å². The van der Waals surface area contributed by atoms with Gasteiger partial charge in [-0.25, -0.2) is 9.59 Å². The Kier molecular flexibility index (Phi) is 7.27. The van der Waals surface area contributed by atoms with E-state index in [1.54, 1.807) is 12.1 Å². The largest absolute Gasteiger partial charge is 0.493 e. The van der Waals surface area contributed by atoms with Crippen LogP contribution in [-0.2, 0) is 16.1 Å². The van der Waals surface area contributed by atoms with E-state index >= 15 is 0 Å². The van der Waals surface area contributed by atoms with Gasteiger partial charge in [0.1, 0.15) is 11.5 Å². The van der Waals surface area contributed by atoms with Crippen LogP contribution in [0.3, 0.4) is 0 Å². The molecule has 1 N–H and O–H groups in total. The summed E-state index contributed by atoms with van der Waals surface area (Å²) in [4.78, 5) is 37.7. The van der Waals surface area contributed by atoms with Gasteiger partial charge in [-0.05, 0) is 49.2 Å². The highest BCUT2D eigenvalue weighted by atomic mass is 16.5. The van der Waals surface area contributed by atoms with Crippen LogP contribution >= 0.6 is 0 Å². The van der Waals surface area contributed by atoms with Crippen molar-refractivity contribution in [2.45, 2.75) is 32.9 Å². The minimum Gasteiger partial charge on any atom is -0.493 e. The van der Waals surface area contributed by atoms with Gasteiger partial charge in [0.15, 0.2) is 11.5 Å². The second kappa shape index (κ2) is 10.1. The number of nitrogens with one attached hydrogen (secondary N) is 1. The van der Waals surface area contributed by atoms with Gasteiger partial charge in [-0.1, -0.05) is 6.92 Å². The van der Waals surface area contributed by atoms with Crippen molar-refractivity contribution in [3.05, 3.63) is 47.0 Å². The molecule has 1 saturated heterocycles. The number of amides is 3. The Bertz CT molecular complexity index is 1060. The maximum Gasteiger partial charge on any atom is 0.373 e. The summed E-state index contributed by atoms with van der Waals surface area (Å²) in [6, 6.07) is 5.67. The van der Waals surface area contributed by atoms with Crippen LogP contribution in [0.2, 0.25) is 0 Å². The van der Waals surface area contributed by atoms with Crippen LogP contribution < -0.4 is 19.5 Å². The third-order valence-electron chi connectivity index (χ3n) is 5.01. The van der Waals surface area contributed by atoms with Crippen molar-refractivity contribution in [3.63, 3.8) is 0 Å². The number of nitrogens with zero attached hydrogens (tertiary/aromatic N) is 1. The zero-order valence-corrected chi connectivity index (χ0v) is 19.1. The van der Waals surface area contributed by atoms with E-state index in [0.717, 1.165) is 11.3 Å². The Balaban J connectivity index is 1.85. The Morgan fingerprint density at radius 1 is 1.15 bits per heavy atom. The lowest BCUT2D eigenvalue weighted by atomic mass is 10.1. The van der Waals surface area contributed by atoms with Crippen LogP contribution in [0.25, 0.3) is 6.08 Å². The van der Waals surface area contributed by atoms with Gasteiger partial charge in [0.05, 0.1) is 34.0 Å². The fourth-order valence-electron chi connectivity index (χ4n) is 3.10. The van der Waals surface area contributed by atoms with Gasteiger partial charge in [0.2, 0.25) is 11.5 Å². The van der Waals surface area contributed by atoms with E-state index in [2.05, 4.69) is 10.1 Å². The molecule has 10 nitrogen and oxygen atoms in total. The summed E-state index contributed by atoms with van der Waals surface area (Å²) in [5.41, 5.74) is 0.635. The lowest BCUT2D eigenvalue weighted by Crippen LogP contribution is -2.30. The molecule has 1 atom stereocenters. The third kappa shape index (κ3) is 5.11. The Morgan fingerprint density at radius 3 is 2.39 bits per heavy atom. The molecule has 0 bridgehead atoms. The van der Waals surface area contributed by atoms with Crippen LogP contribution in [0, 0.1) is 0 Å². The number of carbonyl (C=O) groups is 3. The number of hydrogen-bond donors (Lipinski definition) is 1. The summed E-state index contributed by atoms with van der Waals surface area (Å²) in [6.45, 7) is 3.79.